The van der Waals surface area contributed by atoms with Crippen LogP contribution in [-0.2, 0) is 0 Å². The minimum atomic E-state index is -0.434. The van der Waals surface area contributed by atoms with Gasteiger partial charge in [0.25, 0.3) is 11.6 Å². The molecule has 2 atom stereocenters. The fourth-order valence-electron chi connectivity index (χ4n) is 3.39. The third kappa shape index (κ3) is 2.63. The van der Waals surface area contributed by atoms with Crippen molar-refractivity contribution in [3.8, 4) is 0 Å². The van der Waals surface area contributed by atoms with Crippen LogP contribution in [-0.4, -0.2) is 41.9 Å². The Morgan fingerprint density at radius 2 is 2.14 bits per heavy atom. The number of nitrogens with one attached hydrogen (secondary N) is 1. The fraction of sp³-hybridized carbons (Fsp3) is 0.533. The van der Waals surface area contributed by atoms with Crippen LogP contribution >= 0.6 is 0 Å². The van der Waals surface area contributed by atoms with Crippen molar-refractivity contribution in [3.63, 3.8) is 0 Å². The number of fused-ring (bicyclic) bond motifs is 1. The molecule has 2 aliphatic heterocycles. The van der Waals surface area contributed by atoms with Crippen LogP contribution in [0.15, 0.2) is 18.2 Å². The maximum atomic E-state index is 12.6. The van der Waals surface area contributed by atoms with Gasteiger partial charge in [-0.05, 0) is 49.9 Å². The summed E-state index contributed by atoms with van der Waals surface area (Å²) in [5, 5.41) is 14.1. The number of amides is 1. The molecule has 1 N–H and O–H groups in total. The van der Waals surface area contributed by atoms with Crippen LogP contribution in [0, 0.1) is 28.9 Å². The first-order valence-corrected chi connectivity index (χ1v) is 7.31. The van der Waals surface area contributed by atoms with Gasteiger partial charge in [-0.1, -0.05) is 0 Å². The number of hydrogen-bond acceptors (Lipinski definition) is 4. The number of nitro groups is 1. The average Bonchev–Trinajstić information content (AvgIpc) is 2.93. The van der Waals surface area contributed by atoms with E-state index < -0.39 is 4.92 Å². The van der Waals surface area contributed by atoms with Crippen LogP contribution in [0.3, 0.4) is 0 Å². The number of hydrogen-bond donors (Lipinski definition) is 1. The van der Waals surface area contributed by atoms with Gasteiger partial charge in [0.2, 0.25) is 0 Å². The molecule has 1 aromatic rings. The Morgan fingerprint density at radius 1 is 1.38 bits per heavy atom. The zero-order valence-corrected chi connectivity index (χ0v) is 12.0. The molecule has 2 aliphatic rings. The average molecular weight is 289 g/mol. The van der Waals surface area contributed by atoms with Gasteiger partial charge in [-0.2, -0.15) is 0 Å². The molecule has 0 aliphatic carbocycles. The van der Waals surface area contributed by atoms with Gasteiger partial charge in [0.05, 0.1) is 4.92 Å². The summed E-state index contributed by atoms with van der Waals surface area (Å²) in [4.78, 5) is 24.8. The lowest BCUT2D eigenvalue weighted by Crippen LogP contribution is -2.43. The number of likely N-dealkylation sites (tertiary alicyclic amines) is 1. The monoisotopic (exact) mass is 289 g/mol. The molecular weight excluding hydrogens is 270 g/mol. The van der Waals surface area contributed by atoms with Gasteiger partial charge in [-0.3, -0.25) is 14.9 Å². The van der Waals surface area contributed by atoms with E-state index in [1.54, 1.807) is 13.0 Å². The second-order valence-corrected chi connectivity index (χ2v) is 5.97. The van der Waals surface area contributed by atoms with Crippen LogP contribution in [0.5, 0.6) is 0 Å². The minimum absolute atomic E-state index is 0.00671. The number of nitrogens with zero attached hydrogens (tertiary/aromatic N) is 2. The van der Waals surface area contributed by atoms with Crippen molar-refractivity contribution in [2.45, 2.75) is 13.3 Å². The summed E-state index contributed by atoms with van der Waals surface area (Å²) in [7, 11) is 0. The van der Waals surface area contributed by atoms with Crippen molar-refractivity contribution >= 4 is 11.6 Å². The van der Waals surface area contributed by atoms with Crippen molar-refractivity contribution < 1.29 is 9.72 Å². The van der Waals surface area contributed by atoms with E-state index in [1.165, 1.54) is 12.1 Å². The number of piperidine rings is 1. The van der Waals surface area contributed by atoms with Crippen molar-refractivity contribution in [2.75, 3.05) is 26.2 Å². The van der Waals surface area contributed by atoms with Crippen molar-refractivity contribution in [1.82, 2.24) is 10.2 Å². The SMILES string of the molecule is Cc1cc([N+](=O)[O-])ccc1C(=O)N1CCC2CNCC2C1. The summed E-state index contributed by atoms with van der Waals surface area (Å²) in [5.74, 6) is 1.22. The van der Waals surface area contributed by atoms with Crippen molar-refractivity contribution in [1.29, 1.82) is 0 Å². The molecule has 2 heterocycles. The lowest BCUT2D eigenvalue weighted by atomic mass is 9.88. The number of carbonyl (C=O) groups excluding carboxylic acids is 1. The highest BCUT2D eigenvalue weighted by Crippen LogP contribution is 2.28. The van der Waals surface area contributed by atoms with Crippen LogP contribution in [0.1, 0.15) is 22.3 Å². The van der Waals surface area contributed by atoms with E-state index in [9.17, 15) is 14.9 Å². The molecule has 2 saturated heterocycles. The second kappa shape index (κ2) is 5.44. The third-order valence-electron chi connectivity index (χ3n) is 4.64. The molecular formula is C15H19N3O3. The molecule has 2 unspecified atom stereocenters. The van der Waals surface area contributed by atoms with E-state index in [-0.39, 0.29) is 11.6 Å². The highest BCUT2D eigenvalue weighted by atomic mass is 16.6. The number of aryl methyl sites for hydroxylation is 1. The lowest BCUT2D eigenvalue weighted by Gasteiger charge is -2.34. The summed E-state index contributed by atoms with van der Waals surface area (Å²) >= 11 is 0. The Morgan fingerprint density at radius 3 is 2.86 bits per heavy atom. The molecule has 0 radical (unpaired) electrons. The van der Waals surface area contributed by atoms with Gasteiger partial charge >= 0.3 is 0 Å². The minimum Gasteiger partial charge on any atom is -0.338 e. The molecule has 6 heteroatoms. The number of non-ortho nitro benzene ring substituents is 1. The Labute approximate surface area is 123 Å². The number of rotatable bonds is 2. The van der Waals surface area contributed by atoms with Gasteiger partial charge in [0.1, 0.15) is 0 Å². The zero-order valence-electron chi connectivity index (χ0n) is 12.0. The molecule has 0 saturated carbocycles. The van der Waals surface area contributed by atoms with E-state index in [1.807, 2.05) is 4.90 Å². The summed E-state index contributed by atoms with van der Waals surface area (Å²) in [6, 6.07) is 4.45. The molecule has 2 fully saturated rings. The van der Waals surface area contributed by atoms with Gasteiger partial charge in [-0.25, -0.2) is 0 Å². The standard InChI is InChI=1S/C15H19N3O3/c1-10-6-13(18(20)21)2-3-14(10)15(19)17-5-4-11-7-16-8-12(11)9-17/h2-3,6,11-12,16H,4-5,7-9H2,1H3. The van der Waals surface area contributed by atoms with E-state index in [0.717, 1.165) is 32.6 Å². The summed E-state index contributed by atoms with van der Waals surface area (Å²) in [6.07, 6.45) is 1.04. The predicted octanol–water partition coefficient (Wildman–Crippen LogP) is 1.58. The van der Waals surface area contributed by atoms with Crippen LogP contribution in [0.2, 0.25) is 0 Å². The number of nitro benzene ring substituents is 1. The summed E-state index contributed by atoms with van der Waals surface area (Å²) in [5.41, 5.74) is 1.27. The van der Waals surface area contributed by atoms with Crippen molar-refractivity contribution in [2.24, 2.45) is 11.8 Å². The predicted molar refractivity (Wildman–Crippen MR) is 78.2 cm³/mol. The fourth-order valence-corrected chi connectivity index (χ4v) is 3.39. The Hall–Kier alpha value is -1.95. The van der Waals surface area contributed by atoms with E-state index in [4.69, 9.17) is 0 Å². The zero-order chi connectivity index (χ0) is 15.0. The Balaban J connectivity index is 1.77. The smallest absolute Gasteiger partial charge is 0.269 e. The molecule has 112 valence electrons. The van der Waals surface area contributed by atoms with E-state index >= 15 is 0 Å². The Kier molecular flexibility index (Phi) is 3.63. The topological polar surface area (TPSA) is 75.5 Å². The maximum absolute atomic E-state index is 12.6. The molecule has 0 spiro atoms. The Bertz CT molecular complexity index is 588. The first-order chi connectivity index (χ1) is 10.1. The van der Waals surface area contributed by atoms with Crippen molar-refractivity contribution in [3.05, 3.63) is 39.4 Å². The molecule has 6 nitrogen and oxygen atoms in total. The summed E-state index contributed by atoms with van der Waals surface area (Å²) in [6.45, 7) is 5.35. The molecule has 1 amide bonds. The molecule has 3 rings (SSSR count). The van der Waals surface area contributed by atoms with Gasteiger partial charge in [0, 0.05) is 30.8 Å². The van der Waals surface area contributed by atoms with Crippen LogP contribution in [0.4, 0.5) is 5.69 Å². The van der Waals surface area contributed by atoms with Gasteiger partial charge in [0.15, 0.2) is 0 Å². The normalized spacial score (nSPS) is 24.7. The second-order valence-electron chi connectivity index (χ2n) is 5.97. The first kappa shape index (κ1) is 14.0. The maximum Gasteiger partial charge on any atom is 0.269 e. The quantitative estimate of drug-likeness (QED) is 0.662. The molecule has 0 aromatic heterocycles. The molecule has 1 aromatic carbocycles. The largest absolute Gasteiger partial charge is 0.338 e. The number of carbonyl (C=O) groups is 1. The highest BCUT2D eigenvalue weighted by Gasteiger charge is 2.35. The van der Waals surface area contributed by atoms with Gasteiger partial charge in [-0.15, -0.1) is 0 Å². The van der Waals surface area contributed by atoms with Gasteiger partial charge < -0.3 is 10.2 Å². The third-order valence-corrected chi connectivity index (χ3v) is 4.64. The lowest BCUT2D eigenvalue weighted by molar-refractivity contribution is -0.384. The number of benzene rings is 1. The molecule has 0 bridgehead atoms. The van der Waals surface area contributed by atoms with E-state index in [2.05, 4.69) is 5.32 Å². The molecule has 21 heavy (non-hydrogen) atoms. The summed E-state index contributed by atoms with van der Waals surface area (Å²) < 4.78 is 0. The van der Waals surface area contributed by atoms with Crippen LogP contribution < -0.4 is 5.32 Å². The highest BCUT2D eigenvalue weighted by molar-refractivity contribution is 5.96. The van der Waals surface area contributed by atoms with E-state index in [0.29, 0.717) is 23.0 Å². The van der Waals surface area contributed by atoms with Crippen LogP contribution in [0.25, 0.3) is 0 Å². The first-order valence-electron chi connectivity index (χ1n) is 7.31.